The first-order chi connectivity index (χ1) is 8.41. The Kier molecular flexibility index (Phi) is 3.49. The summed E-state index contributed by atoms with van der Waals surface area (Å²) in [5.41, 5.74) is 6.50. The Morgan fingerprint density at radius 1 is 1.28 bits per heavy atom. The number of nitrogens with two attached hydrogens (primary N) is 1. The van der Waals surface area contributed by atoms with Crippen molar-refractivity contribution < 1.29 is 0 Å². The molecule has 2 aromatic heterocycles. The molecule has 0 aliphatic rings. The summed E-state index contributed by atoms with van der Waals surface area (Å²) in [6.07, 6.45) is 0.808. The lowest BCUT2D eigenvalue weighted by molar-refractivity contribution is 0.548. The molecule has 0 fully saturated rings. The number of rotatable bonds is 3. The molecule has 2 aromatic rings. The maximum Gasteiger partial charge on any atom is 0.193 e. The summed E-state index contributed by atoms with van der Waals surface area (Å²) in [6.45, 7) is 8.93. The van der Waals surface area contributed by atoms with E-state index in [-0.39, 0.29) is 5.41 Å². The lowest BCUT2D eigenvalue weighted by Crippen LogP contribution is -2.13. The van der Waals surface area contributed by atoms with E-state index in [1.165, 1.54) is 0 Å². The van der Waals surface area contributed by atoms with Crippen molar-refractivity contribution in [1.29, 1.82) is 0 Å². The van der Waals surface area contributed by atoms with Crippen LogP contribution in [0.5, 0.6) is 0 Å². The Morgan fingerprint density at radius 3 is 2.56 bits per heavy atom. The maximum absolute atomic E-state index is 5.55. The van der Waals surface area contributed by atoms with Gasteiger partial charge in [-0.05, 0) is 13.5 Å². The van der Waals surface area contributed by atoms with Gasteiger partial charge in [-0.3, -0.25) is 5.10 Å². The zero-order valence-corrected chi connectivity index (χ0v) is 12.1. The van der Waals surface area contributed by atoms with Crippen molar-refractivity contribution in [2.24, 2.45) is 5.73 Å². The van der Waals surface area contributed by atoms with Gasteiger partial charge in [0, 0.05) is 11.8 Å². The van der Waals surface area contributed by atoms with Crippen LogP contribution in [0.3, 0.4) is 0 Å². The topological polar surface area (TPSA) is 80.5 Å². The van der Waals surface area contributed by atoms with E-state index in [1.807, 2.05) is 6.92 Å². The van der Waals surface area contributed by atoms with Gasteiger partial charge >= 0.3 is 0 Å². The molecular formula is C12H19N5S. The third-order valence-corrected chi connectivity index (χ3v) is 3.81. The van der Waals surface area contributed by atoms with Gasteiger partial charge in [0.2, 0.25) is 0 Å². The van der Waals surface area contributed by atoms with E-state index < -0.39 is 0 Å². The molecule has 0 bridgehead atoms. The number of nitrogens with zero attached hydrogens (tertiary/aromatic N) is 3. The molecule has 5 nitrogen and oxygen atoms in total. The van der Waals surface area contributed by atoms with Gasteiger partial charge in [-0.25, -0.2) is 9.97 Å². The Bertz CT molecular complexity index is 535. The molecule has 3 N–H and O–H groups in total. The second kappa shape index (κ2) is 4.78. The zero-order chi connectivity index (χ0) is 13.3. The van der Waals surface area contributed by atoms with Crippen molar-refractivity contribution in [3.63, 3.8) is 0 Å². The van der Waals surface area contributed by atoms with Gasteiger partial charge in [-0.1, -0.05) is 20.8 Å². The van der Waals surface area contributed by atoms with E-state index >= 15 is 0 Å². The lowest BCUT2D eigenvalue weighted by atomic mass is 9.96. The maximum atomic E-state index is 5.55. The number of hydrogen-bond acceptors (Lipinski definition) is 5. The fraction of sp³-hybridized carbons (Fsp3) is 0.583. The van der Waals surface area contributed by atoms with Gasteiger partial charge < -0.3 is 5.73 Å². The predicted molar refractivity (Wildman–Crippen MR) is 73.7 cm³/mol. The van der Waals surface area contributed by atoms with Gasteiger partial charge in [-0.2, -0.15) is 5.10 Å². The first kappa shape index (κ1) is 13.2. The van der Waals surface area contributed by atoms with Crippen LogP contribution in [0.15, 0.2) is 0 Å². The summed E-state index contributed by atoms with van der Waals surface area (Å²) < 4.78 is 0. The molecule has 98 valence electrons. The van der Waals surface area contributed by atoms with Crippen LogP contribution in [0.1, 0.15) is 37.3 Å². The number of hydrogen-bond donors (Lipinski definition) is 2. The summed E-state index contributed by atoms with van der Waals surface area (Å²) in [5.74, 6) is 1.63. The highest BCUT2D eigenvalue weighted by Crippen LogP contribution is 2.29. The van der Waals surface area contributed by atoms with Crippen molar-refractivity contribution in [2.45, 2.75) is 39.5 Å². The summed E-state index contributed by atoms with van der Waals surface area (Å²) in [4.78, 5) is 10.1. The van der Waals surface area contributed by atoms with Crippen LogP contribution in [0.25, 0.3) is 10.7 Å². The number of thiazole rings is 1. The molecule has 0 aliphatic heterocycles. The highest BCUT2D eigenvalue weighted by molar-refractivity contribution is 7.15. The molecule has 0 amide bonds. The zero-order valence-electron chi connectivity index (χ0n) is 11.2. The number of aromatic nitrogens is 4. The monoisotopic (exact) mass is 265 g/mol. The predicted octanol–water partition coefficient (Wildman–Crippen LogP) is 2.04. The highest BCUT2D eigenvalue weighted by Gasteiger charge is 2.21. The van der Waals surface area contributed by atoms with E-state index in [0.29, 0.717) is 6.54 Å². The van der Waals surface area contributed by atoms with E-state index in [4.69, 9.17) is 5.73 Å². The Labute approximate surface area is 111 Å². The smallest absolute Gasteiger partial charge is 0.193 e. The van der Waals surface area contributed by atoms with Gasteiger partial charge in [0.25, 0.3) is 0 Å². The second-order valence-corrected chi connectivity index (χ2v) is 6.40. The molecule has 0 aromatic carbocycles. The van der Waals surface area contributed by atoms with E-state index in [9.17, 15) is 0 Å². The molecular weight excluding hydrogens is 246 g/mol. The quantitative estimate of drug-likeness (QED) is 0.890. The summed E-state index contributed by atoms with van der Waals surface area (Å²) in [7, 11) is 0. The number of H-pyrrole nitrogens is 1. The molecule has 0 saturated carbocycles. The minimum atomic E-state index is -0.0239. The lowest BCUT2D eigenvalue weighted by Gasteiger charge is -2.12. The minimum absolute atomic E-state index is 0.0239. The minimum Gasteiger partial charge on any atom is -0.330 e. The van der Waals surface area contributed by atoms with Crippen LogP contribution >= 0.6 is 11.3 Å². The van der Waals surface area contributed by atoms with Crippen molar-refractivity contribution in [1.82, 2.24) is 20.2 Å². The molecule has 0 radical (unpaired) electrons. The number of aryl methyl sites for hydroxylation is 1. The summed E-state index contributed by atoms with van der Waals surface area (Å²) in [5, 5.41) is 8.34. The third-order valence-electron chi connectivity index (χ3n) is 2.60. The van der Waals surface area contributed by atoms with Crippen LogP contribution in [0.4, 0.5) is 0 Å². The molecule has 2 heterocycles. The van der Waals surface area contributed by atoms with E-state index in [0.717, 1.165) is 33.6 Å². The molecule has 0 spiro atoms. The molecule has 2 rings (SSSR count). The van der Waals surface area contributed by atoms with Gasteiger partial charge in [-0.15, -0.1) is 11.3 Å². The van der Waals surface area contributed by atoms with Crippen molar-refractivity contribution >= 4 is 11.3 Å². The standard InChI is InChI=1S/C12H19N5S/c1-7-9(18-8(14-7)5-6-13)10-15-11(17-16-10)12(2,3)4/h5-6,13H2,1-4H3,(H,15,16,17). The SMILES string of the molecule is Cc1nc(CCN)sc1-c1n[nH]c(C(C)(C)C)n1. The fourth-order valence-corrected chi connectivity index (χ4v) is 2.60. The van der Waals surface area contributed by atoms with E-state index in [2.05, 4.69) is 40.9 Å². The summed E-state index contributed by atoms with van der Waals surface area (Å²) >= 11 is 1.63. The van der Waals surface area contributed by atoms with Crippen molar-refractivity contribution in [2.75, 3.05) is 6.54 Å². The molecule has 18 heavy (non-hydrogen) atoms. The first-order valence-electron chi connectivity index (χ1n) is 6.01. The Morgan fingerprint density at radius 2 is 2.00 bits per heavy atom. The van der Waals surface area contributed by atoms with Crippen LogP contribution in [-0.2, 0) is 11.8 Å². The average molecular weight is 265 g/mol. The first-order valence-corrected chi connectivity index (χ1v) is 6.83. The van der Waals surface area contributed by atoms with Crippen LogP contribution in [0.2, 0.25) is 0 Å². The van der Waals surface area contributed by atoms with Gasteiger partial charge in [0.15, 0.2) is 5.82 Å². The molecule has 0 unspecified atom stereocenters. The number of nitrogens with one attached hydrogen (secondary N) is 1. The Balaban J connectivity index is 2.34. The van der Waals surface area contributed by atoms with Crippen LogP contribution in [0, 0.1) is 6.92 Å². The molecule has 0 aliphatic carbocycles. The Hall–Kier alpha value is -1.27. The average Bonchev–Trinajstić information content (AvgIpc) is 2.84. The molecule has 0 atom stereocenters. The van der Waals surface area contributed by atoms with E-state index in [1.54, 1.807) is 11.3 Å². The highest BCUT2D eigenvalue weighted by atomic mass is 32.1. The molecule has 6 heteroatoms. The fourth-order valence-electron chi connectivity index (χ4n) is 1.59. The molecule has 0 saturated heterocycles. The van der Waals surface area contributed by atoms with Crippen molar-refractivity contribution in [3.8, 4) is 10.7 Å². The van der Waals surface area contributed by atoms with Gasteiger partial charge in [0.05, 0.1) is 15.6 Å². The normalized spacial score (nSPS) is 12.1. The number of aromatic amines is 1. The second-order valence-electron chi connectivity index (χ2n) is 5.32. The van der Waals surface area contributed by atoms with Crippen LogP contribution < -0.4 is 5.73 Å². The van der Waals surface area contributed by atoms with Crippen molar-refractivity contribution in [3.05, 3.63) is 16.5 Å². The van der Waals surface area contributed by atoms with Crippen LogP contribution in [-0.4, -0.2) is 26.7 Å². The van der Waals surface area contributed by atoms with Gasteiger partial charge in [0.1, 0.15) is 5.82 Å². The largest absolute Gasteiger partial charge is 0.330 e. The third kappa shape index (κ3) is 2.59. The summed E-state index contributed by atoms with van der Waals surface area (Å²) in [6, 6.07) is 0.